The van der Waals surface area contributed by atoms with E-state index >= 15 is 0 Å². The molecule has 29 heavy (non-hydrogen) atoms. The second kappa shape index (κ2) is 10.00. The molecule has 6 nitrogen and oxygen atoms in total. The number of hydrogen-bond donors (Lipinski definition) is 2. The number of amides is 2. The van der Waals surface area contributed by atoms with Gasteiger partial charge in [-0.15, -0.1) is 10.2 Å². The maximum Gasteiger partial charge on any atom is 0.257 e. The maximum absolute atomic E-state index is 12.6. The number of thioether (sulfide) groups is 1. The van der Waals surface area contributed by atoms with Crippen LogP contribution < -0.4 is 10.6 Å². The molecule has 9 heteroatoms. The minimum Gasteiger partial charge on any atom is -0.325 e. The van der Waals surface area contributed by atoms with Gasteiger partial charge in [0.05, 0.1) is 5.25 Å². The van der Waals surface area contributed by atoms with E-state index in [4.69, 9.17) is 0 Å². The Morgan fingerprint density at radius 2 is 1.90 bits per heavy atom. The first-order valence-corrected chi connectivity index (χ1v) is 11.4. The van der Waals surface area contributed by atoms with Crippen LogP contribution in [0.25, 0.3) is 0 Å². The lowest BCUT2D eigenvalue weighted by atomic mass is 10.1. The summed E-state index contributed by atoms with van der Waals surface area (Å²) in [5, 5.41) is 13.9. The van der Waals surface area contributed by atoms with E-state index in [1.54, 1.807) is 6.07 Å². The highest BCUT2D eigenvalue weighted by atomic mass is 79.9. The largest absolute Gasteiger partial charge is 0.325 e. The van der Waals surface area contributed by atoms with Crippen molar-refractivity contribution >= 4 is 61.7 Å². The molecule has 1 unspecified atom stereocenters. The molecule has 2 aromatic carbocycles. The monoisotopic (exact) mass is 490 g/mol. The van der Waals surface area contributed by atoms with Gasteiger partial charge >= 0.3 is 0 Å². The summed E-state index contributed by atoms with van der Waals surface area (Å²) < 4.78 is 1.58. The molecule has 0 spiro atoms. The van der Waals surface area contributed by atoms with Crippen molar-refractivity contribution in [2.75, 3.05) is 10.6 Å². The van der Waals surface area contributed by atoms with Crippen molar-refractivity contribution in [3.8, 4) is 0 Å². The van der Waals surface area contributed by atoms with Gasteiger partial charge in [-0.05, 0) is 49.7 Å². The Hall–Kier alpha value is -2.23. The van der Waals surface area contributed by atoms with Crippen molar-refractivity contribution in [2.24, 2.45) is 0 Å². The summed E-state index contributed by atoms with van der Waals surface area (Å²) in [7, 11) is 0. The second-order valence-electron chi connectivity index (χ2n) is 6.21. The number of aryl methyl sites for hydroxylation is 1. The Morgan fingerprint density at radius 1 is 1.14 bits per heavy atom. The van der Waals surface area contributed by atoms with Crippen LogP contribution in [0.3, 0.4) is 0 Å². The van der Waals surface area contributed by atoms with Crippen molar-refractivity contribution in [3.05, 3.63) is 64.1 Å². The number of rotatable bonds is 7. The van der Waals surface area contributed by atoms with E-state index in [2.05, 4.69) is 36.8 Å². The Bertz CT molecular complexity index is 1010. The number of anilines is 2. The molecule has 3 aromatic rings. The molecule has 0 aliphatic rings. The number of halogens is 1. The SMILES string of the molecule is CCC(Sc1nnc(NC(=O)c2cccc(C)c2)s1)C(=O)Nc1ccc(Br)cc1. The first kappa shape index (κ1) is 21.5. The summed E-state index contributed by atoms with van der Waals surface area (Å²) in [6.45, 7) is 3.88. The van der Waals surface area contributed by atoms with Gasteiger partial charge in [-0.3, -0.25) is 14.9 Å². The number of carbonyl (C=O) groups is 2. The first-order valence-electron chi connectivity index (χ1n) is 8.89. The Labute approximate surface area is 185 Å². The number of hydrogen-bond acceptors (Lipinski definition) is 6. The summed E-state index contributed by atoms with van der Waals surface area (Å²) >= 11 is 5.97. The Balaban J connectivity index is 1.60. The number of nitrogens with zero attached hydrogens (tertiary/aromatic N) is 2. The molecule has 2 N–H and O–H groups in total. The topological polar surface area (TPSA) is 84.0 Å². The fraction of sp³-hybridized carbons (Fsp3) is 0.200. The smallest absolute Gasteiger partial charge is 0.257 e. The molecule has 1 aromatic heterocycles. The van der Waals surface area contributed by atoms with Crippen LogP contribution in [-0.4, -0.2) is 27.3 Å². The van der Waals surface area contributed by atoms with E-state index in [1.807, 2.05) is 56.3 Å². The number of nitrogens with one attached hydrogen (secondary N) is 2. The van der Waals surface area contributed by atoms with E-state index in [9.17, 15) is 9.59 Å². The zero-order valence-corrected chi connectivity index (χ0v) is 19.0. The van der Waals surface area contributed by atoms with Crippen LogP contribution in [0, 0.1) is 6.92 Å². The van der Waals surface area contributed by atoms with Gasteiger partial charge in [-0.25, -0.2) is 0 Å². The zero-order valence-electron chi connectivity index (χ0n) is 15.8. The number of aromatic nitrogens is 2. The average molecular weight is 491 g/mol. The van der Waals surface area contributed by atoms with Crippen LogP contribution in [0.1, 0.15) is 29.3 Å². The standard InChI is InChI=1S/C20H19BrN4O2S2/c1-3-16(18(27)22-15-9-7-14(21)8-10-15)28-20-25-24-19(29-20)23-17(26)13-6-4-5-12(2)11-13/h4-11,16H,3H2,1-2H3,(H,22,27)(H,23,24,26). The molecule has 0 fully saturated rings. The summed E-state index contributed by atoms with van der Waals surface area (Å²) in [4.78, 5) is 24.9. The van der Waals surface area contributed by atoms with E-state index in [1.165, 1.54) is 23.1 Å². The predicted octanol–water partition coefficient (Wildman–Crippen LogP) is 5.37. The lowest BCUT2D eigenvalue weighted by molar-refractivity contribution is -0.115. The average Bonchev–Trinajstić information content (AvgIpc) is 3.14. The zero-order chi connectivity index (χ0) is 20.8. The van der Waals surface area contributed by atoms with Crippen molar-refractivity contribution in [3.63, 3.8) is 0 Å². The second-order valence-corrected chi connectivity index (χ2v) is 9.55. The van der Waals surface area contributed by atoms with Crippen molar-refractivity contribution < 1.29 is 9.59 Å². The quantitative estimate of drug-likeness (QED) is 0.343. The highest BCUT2D eigenvalue weighted by Gasteiger charge is 2.21. The summed E-state index contributed by atoms with van der Waals surface area (Å²) in [6.07, 6.45) is 0.637. The van der Waals surface area contributed by atoms with Gasteiger partial charge in [-0.2, -0.15) is 0 Å². The van der Waals surface area contributed by atoms with Crippen LogP contribution >= 0.6 is 39.0 Å². The molecule has 0 aliphatic carbocycles. The molecule has 0 aliphatic heterocycles. The van der Waals surface area contributed by atoms with Gasteiger partial charge in [0.1, 0.15) is 0 Å². The van der Waals surface area contributed by atoms with Crippen molar-refractivity contribution in [1.29, 1.82) is 0 Å². The molecule has 0 radical (unpaired) electrons. The molecule has 3 rings (SSSR count). The third kappa shape index (κ3) is 6.12. The fourth-order valence-corrected chi connectivity index (χ4v) is 4.64. The first-order chi connectivity index (χ1) is 13.9. The predicted molar refractivity (Wildman–Crippen MR) is 122 cm³/mol. The van der Waals surface area contributed by atoms with Crippen molar-refractivity contribution in [1.82, 2.24) is 10.2 Å². The van der Waals surface area contributed by atoms with Gasteiger partial charge in [0.2, 0.25) is 11.0 Å². The van der Waals surface area contributed by atoms with Crippen molar-refractivity contribution in [2.45, 2.75) is 29.9 Å². The van der Waals surface area contributed by atoms with Gasteiger partial charge in [0.15, 0.2) is 4.34 Å². The number of benzene rings is 2. The minimum absolute atomic E-state index is 0.0969. The number of carbonyl (C=O) groups excluding carboxylic acids is 2. The van der Waals surface area contributed by atoms with Crippen LogP contribution in [0.15, 0.2) is 57.3 Å². The highest BCUT2D eigenvalue weighted by molar-refractivity contribution is 9.10. The van der Waals surface area contributed by atoms with Gasteiger partial charge < -0.3 is 5.32 Å². The minimum atomic E-state index is -0.313. The molecule has 0 bridgehead atoms. The lowest BCUT2D eigenvalue weighted by Crippen LogP contribution is -2.24. The van der Waals surface area contributed by atoms with Crippen LogP contribution in [0.2, 0.25) is 0 Å². The Morgan fingerprint density at radius 3 is 2.59 bits per heavy atom. The van der Waals surface area contributed by atoms with E-state index < -0.39 is 0 Å². The molecule has 1 heterocycles. The molecule has 0 saturated heterocycles. The van der Waals surface area contributed by atoms with Gasteiger partial charge in [-0.1, -0.05) is 63.6 Å². The molecule has 150 valence electrons. The normalized spacial score (nSPS) is 11.7. The molecular weight excluding hydrogens is 472 g/mol. The maximum atomic E-state index is 12.6. The summed E-state index contributed by atoms with van der Waals surface area (Å²) in [6, 6.07) is 14.7. The van der Waals surface area contributed by atoms with E-state index in [-0.39, 0.29) is 17.1 Å². The van der Waals surface area contributed by atoms with E-state index in [0.717, 1.165) is 15.7 Å². The molecule has 1 atom stereocenters. The molecule has 2 amide bonds. The Kier molecular flexibility index (Phi) is 7.40. The fourth-order valence-electron chi connectivity index (χ4n) is 2.46. The van der Waals surface area contributed by atoms with E-state index in [0.29, 0.717) is 21.5 Å². The highest BCUT2D eigenvalue weighted by Crippen LogP contribution is 2.31. The van der Waals surface area contributed by atoms with Gasteiger partial charge in [0, 0.05) is 15.7 Å². The lowest BCUT2D eigenvalue weighted by Gasteiger charge is -2.13. The van der Waals surface area contributed by atoms with Crippen LogP contribution in [-0.2, 0) is 4.79 Å². The van der Waals surface area contributed by atoms with Gasteiger partial charge in [0.25, 0.3) is 5.91 Å². The summed E-state index contributed by atoms with van der Waals surface area (Å²) in [5.41, 5.74) is 2.31. The van der Waals surface area contributed by atoms with Crippen LogP contribution in [0.5, 0.6) is 0 Å². The van der Waals surface area contributed by atoms with Crippen LogP contribution in [0.4, 0.5) is 10.8 Å². The summed E-state index contributed by atoms with van der Waals surface area (Å²) in [5.74, 6) is -0.332. The molecular formula is C20H19BrN4O2S2. The molecule has 0 saturated carbocycles. The third-order valence-corrected chi connectivity index (χ3v) is 6.74. The third-order valence-electron chi connectivity index (χ3n) is 3.93.